The summed E-state index contributed by atoms with van der Waals surface area (Å²) < 4.78 is 0. The van der Waals surface area contributed by atoms with Gasteiger partial charge in [0.1, 0.15) is 5.01 Å². The van der Waals surface area contributed by atoms with Crippen LogP contribution in [0.3, 0.4) is 0 Å². The van der Waals surface area contributed by atoms with Crippen LogP contribution < -0.4 is 11.1 Å². The molecule has 3 N–H and O–H groups in total. The van der Waals surface area contributed by atoms with E-state index in [-0.39, 0.29) is 5.54 Å². The molecule has 1 aromatic rings. The van der Waals surface area contributed by atoms with E-state index in [2.05, 4.69) is 44.9 Å². The van der Waals surface area contributed by atoms with Crippen LogP contribution in [0, 0.1) is 11.3 Å². The molecule has 0 aromatic carbocycles. The Labute approximate surface area is 128 Å². The fraction of sp³-hybridized carbons (Fsp3) is 0.812. The summed E-state index contributed by atoms with van der Waals surface area (Å²) in [5, 5.41) is 6.82. The van der Waals surface area contributed by atoms with Gasteiger partial charge in [0, 0.05) is 11.6 Å². The molecule has 0 saturated heterocycles. The highest BCUT2D eigenvalue weighted by Crippen LogP contribution is 2.32. The third-order valence-electron chi connectivity index (χ3n) is 4.00. The number of rotatable bonds is 8. The van der Waals surface area contributed by atoms with Gasteiger partial charge in [-0.15, -0.1) is 11.3 Å². The van der Waals surface area contributed by atoms with Gasteiger partial charge in [0.05, 0.1) is 5.54 Å². The number of aromatic nitrogens is 1. The molecule has 3 nitrogen and oxygen atoms in total. The first-order valence-electron chi connectivity index (χ1n) is 7.62. The van der Waals surface area contributed by atoms with E-state index in [9.17, 15) is 0 Å². The Morgan fingerprint density at radius 2 is 1.95 bits per heavy atom. The maximum atomic E-state index is 5.74. The lowest BCUT2D eigenvalue weighted by molar-refractivity contribution is 0.208. The molecule has 0 amide bonds. The van der Waals surface area contributed by atoms with Crippen molar-refractivity contribution < 1.29 is 0 Å². The molecule has 0 aliphatic carbocycles. The zero-order chi connectivity index (χ0) is 15.2. The van der Waals surface area contributed by atoms with Crippen molar-refractivity contribution in [1.82, 2.24) is 10.3 Å². The average Bonchev–Trinajstić information content (AvgIpc) is 2.86. The van der Waals surface area contributed by atoms with Crippen LogP contribution in [0.2, 0.25) is 0 Å². The van der Waals surface area contributed by atoms with Crippen molar-refractivity contribution in [3.05, 3.63) is 16.6 Å². The monoisotopic (exact) mass is 297 g/mol. The highest BCUT2D eigenvalue weighted by atomic mass is 32.1. The molecule has 0 radical (unpaired) electrons. The highest BCUT2D eigenvalue weighted by Gasteiger charge is 2.25. The topological polar surface area (TPSA) is 50.9 Å². The molecule has 0 bridgehead atoms. The summed E-state index contributed by atoms with van der Waals surface area (Å²) in [4.78, 5) is 4.41. The normalized spacial score (nSPS) is 14.5. The molecule has 116 valence electrons. The molecule has 0 saturated carbocycles. The van der Waals surface area contributed by atoms with E-state index in [1.165, 1.54) is 12.8 Å². The summed E-state index contributed by atoms with van der Waals surface area (Å²) in [6, 6.07) is 0. The van der Waals surface area contributed by atoms with Crippen LogP contribution >= 0.6 is 11.3 Å². The van der Waals surface area contributed by atoms with Crippen molar-refractivity contribution in [3.8, 4) is 0 Å². The third-order valence-corrected chi connectivity index (χ3v) is 5.10. The van der Waals surface area contributed by atoms with Gasteiger partial charge in [0.2, 0.25) is 0 Å². The number of nitrogens with zero attached hydrogens (tertiary/aromatic N) is 1. The lowest BCUT2D eigenvalue weighted by Crippen LogP contribution is -2.37. The van der Waals surface area contributed by atoms with Crippen molar-refractivity contribution in [2.45, 2.75) is 59.4 Å². The predicted molar refractivity (Wildman–Crippen MR) is 89.0 cm³/mol. The van der Waals surface area contributed by atoms with Gasteiger partial charge >= 0.3 is 0 Å². The van der Waals surface area contributed by atoms with E-state index in [0.717, 1.165) is 24.5 Å². The lowest BCUT2D eigenvalue weighted by atomic mass is 9.76. The van der Waals surface area contributed by atoms with Gasteiger partial charge in [-0.1, -0.05) is 20.8 Å². The van der Waals surface area contributed by atoms with E-state index < -0.39 is 0 Å². The molecule has 4 heteroatoms. The Morgan fingerprint density at radius 1 is 1.25 bits per heavy atom. The van der Waals surface area contributed by atoms with Crippen LogP contribution in [-0.4, -0.2) is 18.1 Å². The Bertz CT molecular complexity index is 366. The quantitative estimate of drug-likeness (QED) is 0.718. The van der Waals surface area contributed by atoms with Gasteiger partial charge in [-0.3, -0.25) is 0 Å². The van der Waals surface area contributed by atoms with E-state index in [4.69, 9.17) is 5.73 Å². The molecule has 1 aromatic heterocycles. The van der Waals surface area contributed by atoms with Crippen LogP contribution in [0.4, 0.5) is 0 Å². The van der Waals surface area contributed by atoms with Crippen molar-refractivity contribution in [2.24, 2.45) is 17.1 Å². The number of nitrogens with two attached hydrogens (primary N) is 1. The van der Waals surface area contributed by atoms with Gasteiger partial charge in [-0.25, -0.2) is 4.98 Å². The number of hydrogen-bond donors (Lipinski definition) is 2. The van der Waals surface area contributed by atoms with Gasteiger partial charge in [0.15, 0.2) is 0 Å². The summed E-state index contributed by atoms with van der Waals surface area (Å²) in [5.74, 6) is 0.706. The van der Waals surface area contributed by atoms with Crippen molar-refractivity contribution in [1.29, 1.82) is 0 Å². The Balaban J connectivity index is 2.37. The van der Waals surface area contributed by atoms with Crippen LogP contribution in [0.5, 0.6) is 0 Å². The molecule has 1 unspecified atom stereocenters. The lowest BCUT2D eigenvalue weighted by Gasteiger charge is -2.31. The largest absolute Gasteiger partial charge is 0.330 e. The minimum atomic E-state index is -0.0285. The van der Waals surface area contributed by atoms with Gasteiger partial charge in [0.25, 0.3) is 0 Å². The van der Waals surface area contributed by atoms with E-state index in [1.54, 1.807) is 11.3 Å². The second-order valence-electron chi connectivity index (χ2n) is 7.17. The average molecular weight is 298 g/mol. The van der Waals surface area contributed by atoms with E-state index >= 15 is 0 Å². The Morgan fingerprint density at radius 3 is 2.45 bits per heavy atom. The molecule has 0 aliphatic rings. The summed E-state index contributed by atoms with van der Waals surface area (Å²) in [5.41, 5.74) is 6.06. The maximum Gasteiger partial charge on any atom is 0.112 e. The second-order valence-corrected chi connectivity index (χ2v) is 8.07. The first kappa shape index (κ1) is 17.6. The number of nitrogens with one attached hydrogen (secondary N) is 1. The van der Waals surface area contributed by atoms with Crippen molar-refractivity contribution >= 4 is 11.3 Å². The predicted octanol–water partition coefficient (Wildman–Crippen LogP) is 3.76. The fourth-order valence-corrected chi connectivity index (χ4v) is 3.31. The second kappa shape index (κ2) is 7.53. The summed E-state index contributed by atoms with van der Waals surface area (Å²) >= 11 is 1.72. The molecule has 1 atom stereocenters. The van der Waals surface area contributed by atoms with Gasteiger partial charge in [-0.2, -0.15) is 0 Å². The molecule has 1 rings (SSSR count). The minimum Gasteiger partial charge on any atom is -0.330 e. The minimum absolute atomic E-state index is 0.0285. The van der Waals surface area contributed by atoms with E-state index in [1.807, 2.05) is 11.6 Å². The molecular formula is C16H31N3S. The first-order valence-corrected chi connectivity index (χ1v) is 8.50. The maximum absolute atomic E-state index is 5.74. The molecular weight excluding hydrogens is 266 g/mol. The fourth-order valence-electron chi connectivity index (χ4n) is 2.57. The Hall–Kier alpha value is -0.450. The molecule has 0 aliphatic heterocycles. The van der Waals surface area contributed by atoms with Crippen LogP contribution in [0.25, 0.3) is 0 Å². The number of thiazole rings is 1. The molecule has 20 heavy (non-hydrogen) atoms. The molecule has 0 spiro atoms. The van der Waals surface area contributed by atoms with Gasteiger partial charge in [-0.05, 0) is 57.5 Å². The molecule has 0 fully saturated rings. The van der Waals surface area contributed by atoms with Crippen LogP contribution in [0.15, 0.2) is 11.6 Å². The van der Waals surface area contributed by atoms with Crippen molar-refractivity contribution in [2.75, 3.05) is 13.1 Å². The highest BCUT2D eigenvalue weighted by molar-refractivity contribution is 7.09. The smallest absolute Gasteiger partial charge is 0.112 e. The summed E-state index contributed by atoms with van der Waals surface area (Å²) in [6.45, 7) is 13.2. The standard InChI is InChI=1S/C16H31N3S/c1-15(2,3)13(8-9-17)7-6-10-19-16(4,5)14-18-11-12-20-14/h11-13,19H,6-10,17H2,1-5H3. The summed E-state index contributed by atoms with van der Waals surface area (Å²) in [7, 11) is 0. The molecule has 1 heterocycles. The van der Waals surface area contributed by atoms with Crippen LogP contribution in [0.1, 0.15) is 58.9 Å². The SMILES string of the molecule is CC(C)(NCCCC(CCN)C(C)(C)C)c1nccs1. The number of hydrogen-bond acceptors (Lipinski definition) is 4. The van der Waals surface area contributed by atoms with Crippen molar-refractivity contribution in [3.63, 3.8) is 0 Å². The zero-order valence-electron chi connectivity index (χ0n) is 13.7. The Kier molecular flexibility index (Phi) is 6.62. The third kappa shape index (κ3) is 5.51. The van der Waals surface area contributed by atoms with Crippen LogP contribution in [-0.2, 0) is 5.54 Å². The van der Waals surface area contributed by atoms with Gasteiger partial charge < -0.3 is 11.1 Å². The zero-order valence-corrected chi connectivity index (χ0v) is 14.5. The first-order chi connectivity index (χ1) is 9.27. The van der Waals surface area contributed by atoms with E-state index in [0.29, 0.717) is 11.3 Å². The summed E-state index contributed by atoms with van der Waals surface area (Å²) in [6.07, 6.45) is 5.43.